The van der Waals surface area contributed by atoms with E-state index >= 15 is 0 Å². The fraction of sp³-hybridized carbons (Fsp3) is 0.122. The Balaban J connectivity index is 0.000000205. The molecule has 6 nitrogen and oxygen atoms in total. The van der Waals surface area contributed by atoms with Crippen LogP contribution in [0.2, 0.25) is 0 Å². The van der Waals surface area contributed by atoms with E-state index in [1.54, 1.807) is 0 Å². The third-order valence-corrected chi connectivity index (χ3v) is 8.70. The molecule has 0 saturated heterocycles. The molecule has 10 heteroatoms. The molecule has 0 heterocycles. The van der Waals surface area contributed by atoms with E-state index in [-0.39, 0.29) is 13.8 Å². The van der Waals surface area contributed by atoms with Crippen LogP contribution in [0.15, 0.2) is 164 Å². The quantitative estimate of drug-likeness (QED) is 0.122. The summed E-state index contributed by atoms with van der Waals surface area (Å²) in [4.78, 5) is 0. The Morgan fingerprint density at radius 1 is 0.431 bits per heavy atom. The fourth-order valence-electron chi connectivity index (χ4n) is 6.17. The molecule has 0 atom stereocenters. The van der Waals surface area contributed by atoms with Crippen LogP contribution in [0.3, 0.4) is 0 Å². The average Bonchev–Trinajstić information content (AvgIpc) is 3.20. The van der Waals surface area contributed by atoms with E-state index < -0.39 is 13.8 Å². The van der Waals surface area contributed by atoms with Gasteiger partial charge in [-0.05, 0) is 50.6 Å². The van der Waals surface area contributed by atoms with Gasteiger partial charge in [0.2, 0.25) is 0 Å². The van der Waals surface area contributed by atoms with Crippen LogP contribution in [0.5, 0.6) is 0 Å². The molecule has 0 aliphatic heterocycles. The van der Waals surface area contributed by atoms with Crippen LogP contribution in [0.4, 0.5) is 0 Å². The topological polar surface area (TPSA) is 111 Å². The number of hydrogen-bond acceptors (Lipinski definition) is 6. The molecule has 6 rings (SSSR count). The molecular weight excluding hydrogens is 628 g/mol. The summed E-state index contributed by atoms with van der Waals surface area (Å²) in [6, 6.07) is 53.4. The Bertz CT molecular complexity index is 1830. The summed E-state index contributed by atoms with van der Waals surface area (Å²) >= 11 is 0. The Morgan fingerprint density at radius 2 is 0.804 bits per heavy atom. The summed E-state index contributed by atoms with van der Waals surface area (Å²) in [7, 11) is 0. The summed E-state index contributed by atoms with van der Waals surface area (Å²) in [6.45, 7) is 2.31. The minimum absolute atomic E-state index is 0.145. The van der Waals surface area contributed by atoms with Crippen molar-refractivity contribution in [2.45, 2.75) is 6.92 Å². The molecular formula is C41H44B4N2O4. The van der Waals surface area contributed by atoms with Crippen molar-refractivity contribution in [3.8, 4) is 0 Å². The van der Waals surface area contributed by atoms with Gasteiger partial charge in [-0.1, -0.05) is 169 Å². The minimum atomic E-state index is -0.754. The van der Waals surface area contributed by atoms with Crippen molar-refractivity contribution >= 4 is 71.4 Å². The van der Waals surface area contributed by atoms with Gasteiger partial charge in [-0.3, -0.25) is 0 Å². The van der Waals surface area contributed by atoms with Gasteiger partial charge in [-0.25, -0.2) is 0 Å². The first kappa shape index (κ1) is 37.6. The zero-order valence-electron chi connectivity index (χ0n) is 29.1. The van der Waals surface area contributed by atoms with Crippen molar-refractivity contribution < 1.29 is 19.4 Å². The molecule has 0 aromatic heterocycles. The maximum absolute atomic E-state index is 10.7. The van der Waals surface area contributed by atoms with Gasteiger partial charge in [0.25, 0.3) is 0 Å². The SMILES string of the molecule is Cc1cc(B(OCCN)c2ccccc2)ccc1B(OCCN)c1ccccc1.OB(c1ccccc1)c1ccccc1B(O)c1ccccc1. The van der Waals surface area contributed by atoms with Gasteiger partial charge in [-0.2, -0.15) is 0 Å². The molecule has 6 N–H and O–H groups in total. The first-order valence-corrected chi connectivity index (χ1v) is 17.4. The maximum atomic E-state index is 10.7. The van der Waals surface area contributed by atoms with E-state index in [2.05, 4.69) is 49.4 Å². The third kappa shape index (κ3) is 10.2. The molecule has 0 amide bonds. The molecule has 0 bridgehead atoms. The lowest BCUT2D eigenvalue weighted by Gasteiger charge is -2.20. The molecule has 0 aliphatic rings. The molecule has 254 valence electrons. The van der Waals surface area contributed by atoms with Crippen LogP contribution in [0, 0.1) is 6.92 Å². The second-order valence-corrected chi connectivity index (χ2v) is 12.3. The van der Waals surface area contributed by atoms with Gasteiger partial charge in [0.05, 0.1) is 0 Å². The number of rotatable bonds is 14. The molecule has 0 unspecified atom stereocenters. The van der Waals surface area contributed by atoms with Gasteiger partial charge in [0, 0.05) is 26.3 Å². The van der Waals surface area contributed by atoms with Crippen molar-refractivity contribution in [3.63, 3.8) is 0 Å². The second kappa shape index (κ2) is 19.7. The molecule has 0 spiro atoms. The Hall–Kier alpha value is -4.66. The first-order chi connectivity index (χ1) is 25.0. The summed E-state index contributed by atoms with van der Waals surface area (Å²) in [6.07, 6.45) is 0. The van der Waals surface area contributed by atoms with E-state index in [9.17, 15) is 10.0 Å². The number of benzene rings is 6. The standard InChI is InChI=1S/C23H28B2N2O2.C18H16B2O2/c1-19-18-22(24(28-16-14-26)20-8-4-2-5-9-20)12-13-23(19)25(29-17-15-27)21-10-6-3-7-11-21;21-19(15-9-3-1-4-10-15)17-13-7-8-14-18(17)20(22)16-11-5-2-6-12-16/h2-13,18H,14-17,26-27H2,1H3;1-14,21-22H. The maximum Gasteiger partial charge on any atom is 0.361 e. The lowest BCUT2D eigenvalue weighted by atomic mass is 9.45. The predicted octanol–water partition coefficient (Wildman–Crippen LogP) is 0.0396. The summed E-state index contributed by atoms with van der Waals surface area (Å²) in [5.41, 5.74) is 20.1. The average molecular weight is 672 g/mol. The normalized spacial score (nSPS) is 10.5. The summed E-state index contributed by atoms with van der Waals surface area (Å²) in [5, 5.41) is 21.3. The minimum Gasteiger partial charge on any atom is -0.443 e. The van der Waals surface area contributed by atoms with Crippen molar-refractivity contribution in [2.24, 2.45) is 11.5 Å². The first-order valence-electron chi connectivity index (χ1n) is 17.4. The zero-order chi connectivity index (χ0) is 35.8. The smallest absolute Gasteiger partial charge is 0.361 e. The monoisotopic (exact) mass is 672 g/mol. The lowest BCUT2D eigenvalue weighted by Crippen LogP contribution is -2.57. The van der Waals surface area contributed by atoms with E-state index in [0.717, 1.165) is 49.3 Å². The lowest BCUT2D eigenvalue weighted by molar-refractivity contribution is 0.344. The molecule has 0 fully saturated rings. The Kier molecular flexibility index (Phi) is 14.5. The van der Waals surface area contributed by atoms with Crippen LogP contribution in [0.25, 0.3) is 0 Å². The van der Waals surface area contributed by atoms with Crippen LogP contribution in [-0.4, -0.2) is 64.0 Å². The van der Waals surface area contributed by atoms with Gasteiger partial charge in [0.15, 0.2) is 0 Å². The second-order valence-electron chi connectivity index (χ2n) is 12.3. The molecule has 51 heavy (non-hydrogen) atoms. The van der Waals surface area contributed by atoms with Crippen molar-refractivity contribution in [3.05, 3.63) is 169 Å². The summed E-state index contributed by atoms with van der Waals surface area (Å²) in [5.74, 6) is 0. The highest BCUT2D eigenvalue weighted by Gasteiger charge is 2.27. The van der Waals surface area contributed by atoms with Crippen LogP contribution in [0.1, 0.15) is 5.56 Å². The number of nitrogens with two attached hydrogens (primary N) is 2. The van der Waals surface area contributed by atoms with Gasteiger partial charge in [0.1, 0.15) is 0 Å². The van der Waals surface area contributed by atoms with Crippen LogP contribution < -0.4 is 55.2 Å². The molecule has 6 aromatic carbocycles. The van der Waals surface area contributed by atoms with E-state index in [4.69, 9.17) is 20.8 Å². The molecule has 0 radical (unpaired) electrons. The zero-order valence-corrected chi connectivity index (χ0v) is 29.1. The number of hydrogen-bond donors (Lipinski definition) is 4. The molecule has 6 aromatic rings. The predicted molar refractivity (Wildman–Crippen MR) is 218 cm³/mol. The third-order valence-electron chi connectivity index (χ3n) is 8.70. The highest BCUT2D eigenvalue weighted by molar-refractivity contribution is 6.89. The Labute approximate surface area is 303 Å². The van der Waals surface area contributed by atoms with Gasteiger partial charge < -0.3 is 30.8 Å². The Morgan fingerprint density at radius 3 is 1.22 bits per heavy atom. The molecule has 0 aliphatic carbocycles. The van der Waals surface area contributed by atoms with E-state index in [1.807, 2.05) is 121 Å². The van der Waals surface area contributed by atoms with Crippen molar-refractivity contribution in [1.82, 2.24) is 0 Å². The highest BCUT2D eigenvalue weighted by Crippen LogP contribution is 2.02. The van der Waals surface area contributed by atoms with Crippen molar-refractivity contribution in [2.75, 3.05) is 26.3 Å². The summed E-state index contributed by atoms with van der Waals surface area (Å²) < 4.78 is 12.2. The largest absolute Gasteiger partial charge is 0.443 e. The van der Waals surface area contributed by atoms with Gasteiger partial charge >= 0.3 is 27.7 Å². The molecule has 0 saturated carbocycles. The van der Waals surface area contributed by atoms with E-state index in [1.165, 1.54) is 0 Å². The van der Waals surface area contributed by atoms with Crippen LogP contribution >= 0.6 is 0 Å². The highest BCUT2D eigenvalue weighted by atomic mass is 16.4. The fourth-order valence-corrected chi connectivity index (χ4v) is 6.17. The number of aryl methyl sites for hydroxylation is 1. The van der Waals surface area contributed by atoms with Crippen molar-refractivity contribution in [1.29, 1.82) is 0 Å². The van der Waals surface area contributed by atoms with Crippen LogP contribution in [-0.2, 0) is 9.31 Å². The van der Waals surface area contributed by atoms with E-state index in [0.29, 0.717) is 26.3 Å². The van der Waals surface area contributed by atoms with Gasteiger partial charge in [-0.15, -0.1) is 0 Å².